The SMILES string of the molecule is CC(N)C1CN(Cc2ncc(-c3ccccc3)o2)CCO1. The molecule has 0 aliphatic carbocycles. The lowest BCUT2D eigenvalue weighted by molar-refractivity contribution is -0.0423. The Hall–Kier alpha value is -1.69. The molecule has 0 saturated carbocycles. The highest BCUT2D eigenvalue weighted by atomic mass is 16.5. The molecule has 1 aromatic carbocycles. The molecule has 1 aromatic heterocycles. The summed E-state index contributed by atoms with van der Waals surface area (Å²) in [7, 11) is 0. The lowest BCUT2D eigenvalue weighted by Gasteiger charge is -2.33. The second-order valence-electron chi connectivity index (χ2n) is 5.49. The molecule has 2 atom stereocenters. The first-order chi connectivity index (χ1) is 10.2. The van der Waals surface area contributed by atoms with E-state index in [2.05, 4.69) is 9.88 Å². The van der Waals surface area contributed by atoms with Crippen LogP contribution >= 0.6 is 0 Å². The molecule has 0 spiro atoms. The molecule has 112 valence electrons. The van der Waals surface area contributed by atoms with Crippen LogP contribution < -0.4 is 5.73 Å². The van der Waals surface area contributed by atoms with Crippen molar-refractivity contribution in [2.24, 2.45) is 5.73 Å². The van der Waals surface area contributed by atoms with E-state index in [1.54, 1.807) is 6.20 Å². The molecule has 1 aliphatic rings. The van der Waals surface area contributed by atoms with Gasteiger partial charge in [0.1, 0.15) is 0 Å². The maximum absolute atomic E-state index is 5.91. The summed E-state index contributed by atoms with van der Waals surface area (Å²) in [6.45, 7) is 5.08. The second-order valence-corrected chi connectivity index (χ2v) is 5.49. The summed E-state index contributed by atoms with van der Waals surface area (Å²) in [6.07, 6.45) is 1.87. The fourth-order valence-electron chi connectivity index (χ4n) is 2.50. The molecule has 2 aromatic rings. The molecule has 21 heavy (non-hydrogen) atoms. The van der Waals surface area contributed by atoms with Gasteiger partial charge in [0.2, 0.25) is 5.89 Å². The molecule has 0 amide bonds. The minimum atomic E-state index is 0.0391. The first-order valence-electron chi connectivity index (χ1n) is 7.32. The van der Waals surface area contributed by atoms with E-state index in [1.165, 1.54) is 0 Å². The van der Waals surface area contributed by atoms with Crippen molar-refractivity contribution >= 4 is 0 Å². The van der Waals surface area contributed by atoms with E-state index in [1.807, 2.05) is 37.3 Å². The fourth-order valence-corrected chi connectivity index (χ4v) is 2.50. The molecule has 2 N–H and O–H groups in total. The van der Waals surface area contributed by atoms with Gasteiger partial charge in [-0.05, 0) is 6.92 Å². The van der Waals surface area contributed by atoms with Crippen LogP contribution in [0.25, 0.3) is 11.3 Å². The summed E-state index contributed by atoms with van der Waals surface area (Å²) < 4.78 is 11.5. The monoisotopic (exact) mass is 287 g/mol. The summed E-state index contributed by atoms with van der Waals surface area (Å²) in [5.74, 6) is 1.54. The smallest absolute Gasteiger partial charge is 0.209 e. The van der Waals surface area contributed by atoms with Gasteiger partial charge in [0, 0.05) is 24.7 Å². The molecule has 5 heteroatoms. The largest absolute Gasteiger partial charge is 0.439 e. The van der Waals surface area contributed by atoms with Crippen molar-refractivity contribution in [2.45, 2.75) is 25.6 Å². The molecule has 3 rings (SSSR count). The molecule has 2 unspecified atom stereocenters. The van der Waals surface area contributed by atoms with Gasteiger partial charge in [-0.15, -0.1) is 0 Å². The second kappa shape index (κ2) is 6.39. The maximum atomic E-state index is 5.91. The number of nitrogens with zero attached hydrogens (tertiary/aromatic N) is 2. The van der Waals surface area contributed by atoms with Gasteiger partial charge in [0.05, 0.1) is 25.5 Å². The molecule has 2 heterocycles. The Bertz CT molecular complexity index is 568. The highest BCUT2D eigenvalue weighted by Crippen LogP contribution is 2.21. The van der Waals surface area contributed by atoms with Crippen molar-refractivity contribution in [3.8, 4) is 11.3 Å². The molecule has 1 aliphatic heterocycles. The predicted molar refractivity (Wildman–Crippen MR) is 80.6 cm³/mol. The van der Waals surface area contributed by atoms with Crippen LogP contribution in [0.5, 0.6) is 0 Å². The zero-order chi connectivity index (χ0) is 14.7. The Morgan fingerprint density at radius 3 is 2.95 bits per heavy atom. The molecule has 0 radical (unpaired) electrons. The number of aromatic nitrogens is 1. The van der Waals surface area contributed by atoms with Gasteiger partial charge < -0.3 is 14.9 Å². The Kier molecular flexibility index (Phi) is 4.34. The van der Waals surface area contributed by atoms with E-state index >= 15 is 0 Å². The third kappa shape index (κ3) is 3.50. The van der Waals surface area contributed by atoms with E-state index in [0.717, 1.165) is 30.3 Å². The van der Waals surface area contributed by atoms with Crippen LogP contribution in [-0.4, -0.2) is 41.7 Å². The highest BCUT2D eigenvalue weighted by molar-refractivity contribution is 5.55. The molecular weight excluding hydrogens is 266 g/mol. The average Bonchev–Trinajstić information content (AvgIpc) is 2.97. The lowest BCUT2D eigenvalue weighted by atomic mass is 10.1. The Labute approximate surface area is 124 Å². The van der Waals surface area contributed by atoms with Crippen molar-refractivity contribution < 1.29 is 9.15 Å². The number of oxazole rings is 1. The molecule has 1 saturated heterocycles. The fraction of sp³-hybridized carbons (Fsp3) is 0.438. The number of rotatable bonds is 4. The van der Waals surface area contributed by atoms with Crippen LogP contribution in [-0.2, 0) is 11.3 Å². The average molecular weight is 287 g/mol. The number of ether oxygens (including phenoxy) is 1. The number of benzene rings is 1. The Morgan fingerprint density at radius 1 is 1.38 bits per heavy atom. The molecular formula is C16H21N3O2. The number of hydrogen-bond donors (Lipinski definition) is 1. The van der Waals surface area contributed by atoms with Crippen molar-refractivity contribution in [3.05, 3.63) is 42.4 Å². The Balaban J connectivity index is 1.65. The predicted octanol–water partition coefficient (Wildman–Crippen LogP) is 1.89. The normalized spacial score (nSPS) is 21.3. The van der Waals surface area contributed by atoms with Gasteiger partial charge in [-0.2, -0.15) is 0 Å². The lowest BCUT2D eigenvalue weighted by Crippen LogP contribution is -2.49. The van der Waals surface area contributed by atoms with Gasteiger partial charge >= 0.3 is 0 Å². The zero-order valence-electron chi connectivity index (χ0n) is 12.2. The molecule has 5 nitrogen and oxygen atoms in total. The van der Waals surface area contributed by atoms with Gasteiger partial charge in [0.25, 0.3) is 0 Å². The van der Waals surface area contributed by atoms with Crippen LogP contribution in [0.2, 0.25) is 0 Å². The quantitative estimate of drug-likeness (QED) is 0.930. The highest BCUT2D eigenvalue weighted by Gasteiger charge is 2.24. The van der Waals surface area contributed by atoms with Crippen molar-refractivity contribution in [1.82, 2.24) is 9.88 Å². The molecule has 0 bridgehead atoms. The minimum Gasteiger partial charge on any atom is -0.439 e. The van der Waals surface area contributed by atoms with Crippen molar-refractivity contribution in [1.29, 1.82) is 0 Å². The summed E-state index contributed by atoms with van der Waals surface area (Å²) >= 11 is 0. The van der Waals surface area contributed by atoms with Crippen LogP contribution in [0.4, 0.5) is 0 Å². The summed E-state index contributed by atoms with van der Waals surface area (Å²) in [5.41, 5.74) is 6.96. The third-order valence-corrected chi connectivity index (χ3v) is 3.73. The number of nitrogens with two attached hydrogens (primary N) is 1. The van der Waals surface area contributed by atoms with E-state index < -0.39 is 0 Å². The van der Waals surface area contributed by atoms with Gasteiger partial charge in [-0.3, -0.25) is 4.90 Å². The summed E-state index contributed by atoms with van der Waals surface area (Å²) in [4.78, 5) is 6.65. The van der Waals surface area contributed by atoms with Crippen LogP contribution in [0.1, 0.15) is 12.8 Å². The van der Waals surface area contributed by atoms with E-state index in [4.69, 9.17) is 14.9 Å². The van der Waals surface area contributed by atoms with E-state index in [0.29, 0.717) is 13.2 Å². The van der Waals surface area contributed by atoms with Crippen LogP contribution in [0.3, 0.4) is 0 Å². The topological polar surface area (TPSA) is 64.5 Å². The van der Waals surface area contributed by atoms with Gasteiger partial charge in [-0.1, -0.05) is 30.3 Å². The minimum absolute atomic E-state index is 0.0391. The van der Waals surface area contributed by atoms with E-state index in [9.17, 15) is 0 Å². The maximum Gasteiger partial charge on any atom is 0.209 e. The van der Waals surface area contributed by atoms with Gasteiger partial charge in [-0.25, -0.2) is 4.98 Å². The van der Waals surface area contributed by atoms with Crippen LogP contribution in [0, 0.1) is 0 Å². The zero-order valence-corrected chi connectivity index (χ0v) is 12.2. The van der Waals surface area contributed by atoms with Gasteiger partial charge in [0.15, 0.2) is 5.76 Å². The standard InChI is InChI=1S/C16H21N3O2/c1-12(17)15-10-19(7-8-20-15)11-16-18-9-14(21-16)13-5-3-2-4-6-13/h2-6,9,12,15H,7-8,10-11,17H2,1H3. The summed E-state index contributed by atoms with van der Waals surface area (Å²) in [5, 5.41) is 0. The Morgan fingerprint density at radius 2 is 2.19 bits per heavy atom. The third-order valence-electron chi connectivity index (χ3n) is 3.73. The first kappa shape index (κ1) is 14.3. The number of hydrogen-bond acceptors (Lipinski definition) is 5. The number of morpholine rings is 1. The summed E-state index contributed by atoms with van der Waals surface area (Å²) in [6, 6.07) is 10.1. The van der Waals surface area contributed by atoms with Crippen LogP contribution in [0.15, 0.2) is 40.9 Å². The van der Waals surface area contributed by atoms with Crippen molar-refractivity contribution in [2.75, 3.05) is 19.7 Å². The van der Waals surface area contributed by atoms with Crippen molar-refractivity contribution in [3.63, 3.8) is 0 Å². The first-order valence-corrected chi connectivity index (χ1v) is 7.32. The van der Waals surface area contributed by atoms with E-state index in [-0.39, 0.29) is 12.1 Å². The molecule has 1 fully saturated rings.